The van der Waals surface area contributed by atoms with Crippen molar-refractivity contribution < 1.29 is 9.21 Å². The number of hydrogen-bond donors (Lipinski definition) is 1. The zero-order chi connectivity index (χ0) is 17.8. The summed E-state index contributed by atoms with van der Waals surface area (Å²) < 4.78 is 5.43. The van der Waals surface area contributed by atoms with Crippen LogP contribution in [-0.4, -0.2) is 23.9 Å². The predicted molar refractivity (Wildman–Crippen MR) is 105 cm³/mol. The lowest BCUT2D eigenvalue weighted by atomic mass is 9.95. The monoisotopic (exact) mass is 366 g/mol. The van der Waals surface area contributed by atoms with Crippen LogP contribution in [0.25, 0.3) is 11.3 Å². The Balaban J connectivity index is 1.32. The summed E-state index contributed by atoms with van der Waals surface area (Å²) in [6, 6.07) is 13.8. The van der Waals surface area contributed by atoms with Gasteiger partial charge in [0.1, 0.15) is 5.76 Å². The molecule has 4 rings (SSSR count). The SMILES string of the molecule is O=C(Nc1cccc(-c2ccco2)c1)C1CCN(Cc2ccsc2)CC1. The molecule has 1 aliphatic rings. The first-order valence-electron chi connectivity index (χ1n) is 8.96. The number of nitrogens with zero attached hydrogens (tertiary/aromatic N) is 1. The van der Waals surface area contributed by atoms with Crippen molar-refractivity contribution in [3.8, 4) is 11.3 Å². The quantitative estimate of drug-likeness (QED) is 0.701. The Bertz CT molecular complexity index is 835. The van der Waals surface area contributed by atoms with Crippen molar-refractivity contribution in [1.29, 1.82) is 0 Å². The number of carbonyl (C=O) groups is 1. The molecule has 1 aliphatic heterocycles. The third-order valence-corrected chi connectivity index (χ3v) is 5.61. The third-order valence-electron chi connectivity index (χ3n) is 4.88. The van der Waals surface area contributed by atoms with Gasteiger partial charge < -0.3 is 9.73 Å². The van der Waals surface area contributed by atoms with Gasteiger partial charge in [0.15, 0.2) is 0 Å². The number of hydrogen-bond acceptors (Lipinski definition) is 4. The van der Waals surface area contributed by atoms with E-state index >= 15 is 0 Å². The highest BCUT2D eigenvalue weighted by atomic mass is 32.1. The van der Waals surface area contributed by atoms with Crippen molar-refractivity contribution in [2.45, 2.75) is 19.4 Å². The minimum Gasteiger partial charge on any atom is -0.464 e. The second-order valence-corrected chi connectivity index (χ2v) is 7.51. The predicted octanol–water partition coefficient (Wildman–Crippen LogP) is 4.86. The van der Waals surface area contributed by atoms with E-state index in [1.807, 2.05) is 36.4 Å². The zero-order valence-electron chi connectivity index (χ0n) is 14.6. The average Bonchev–Trinajstić information content (AvgIpc) is 3.37. The maximum atomic E-state index is 12.6. The Morgan fingerprint density at radius 2 is 2.08 bits per heavy atom. The number of amides is 1. The number of piperidine rings is 1. The molecule has 3 heterocycles. The van der Waals surface area contributed by atoms with Gasteiger partial charge in [-0.25, -0.2) is 0 Å². The molecular formula is C21H22N2O2S. The minimum atomic E-state index is 0.0843. The zero-order valence-corrected chi connectivity index (χ0v) is 15.4. The van der Waals surface area contributed by atoms with Crippen molar-refractivity contribution in [3.63, 3.8) is 0 Å². The number of carbonyl (C=O) groups excluding carboxylic acids is 1. The first-order chi connectivity index (χ1) is 12.8. The van der Waals surface area contributed by atoms with E-state index < -0.39 is 0 Å². The summed E-state index contributed by atoms with van der Waals surface area (Å²) in [5.74, 6) is 1.01. The standard InChI is InChI=1S/C21H22N2O2S/c24-21(17-6-9-23(10-7-17)14-16-8-12-26-15-16)22-19-4-1-3-18(13-19)20-5-2-11-25-20/h1-5,8,11-13,15,17H,6-7,9-10,14H2,(H,22,24). The molecule has 0 unspecified atom stereocenters. The van der Waals surface area contributed by atoms with Gasteiger partial charge in [-0.05, 0) is 72.6 Å². The van der Waals surface area contributed by atoms with E-state index in [0.717, 1.165) is 49.5 Å². The van der Waals surface area contributed by atoms with Gasteiger partial charge in [-0.15, -0.1) is 0 Å². The van der Waals surface area contributed by atoms with Crippen LogP contribution in [0.2, 0.25) is 0 Å². The van der Waals surface area contributed by atoms with Crippen LogP contribution in [0.1, 0.15) is 18.4 Å². The molecule has 0 aliphatic carbocycles. The van der Waals surface area contributed by atoms with E-state index in [2.05, 4.69) is 27.0 Å². The van der Waals surface area contributed by atoms with E-state index in [4.69, 9.17) is 4.42 Å². The van der Waals surface area contributed by atoms with Gasteiger partial charge in [0.25, 0.3) is 0 Å². The number of benzene rings is 1. The summed E-state index contributed by atoms with van der Waals surface area (Å²) >= 11 is 1.74. The van der Waals surface area contributed by atoms with E-state index in [-0.39, 0.29) is 11.8 Å². The highest BCUT2D eigenvalue weighted by Crippen LogP contribution is 2.25. The Hall–Kier alpha value is -2.37. The van der Waals surface area contributed by atoms with Crippen molar-refractivity contribution >= 4 is 22.9 Å². The lowest BCUT2D eigenvalue weighted by Gasteiger charge is -2.31. The molecule has 4 nitrogen and oxygen atoms in total. The van der Waals surface area contributed by atoms with Gasteiger partial charge in [-0.2, -0.15) is 11.3 Å². The summed E-state index contributed by atoms with van der Waals surface area (Å²) in [5, 5.41) is 7.39. The molecule has 26 heavy (non-hydrogen) atoms. The van der Waals surface area contributed by atoms with Crippen LogP contribution in [-0.2, 0) is 11.3 Å². The maximum Gasteiger partial charge on any atom is 0.227 e. The van der Waals surface area contributed by atoms with Gasteiger partial charge in [0.05, 0.1) is 6.26 Å². The maximum absolute atomic E-state index is 12.6. The van der Waals surface area contributed by atoms with Crippen LogP contribution in [0.5, 0.6) is 0 Å². The van der Waals surface area contributed by atoms with Crippen LogP contribution in [0.3, 0.4) is 0 Å². The fourth-order valence-electron chi connectivity index (χ4n) is 3.43. The molecule has 0 saturated carbocycles. The van der Waals surface area contributed by atoms with Crippen LogP contribution in [0, 0.1) is 5.92 Å². The normalized spacial score (nSPS) is 15.8. The highest BCUT2D eigenvalue weighted by Gasteiger charge is 2.25. The van der Waals surface area contributed by atoms with E-state index in [1.54, 1.807) is 17.6 Å². The Kier molecular flexibility index (Phi) is 5.18. The fraction of sp³-hybridized carbons (Fsp3) is 0.286. The summed E-state index contributed by atoms with van der Waals surface area (Å²) in [7, 11) is 0. The molecule has 1 fully saturated rings. The van der Waals surface area contributed by atoms with Crippen molar-refractivity contribution in [2.24, 2.45) is 5.92 Å². The van der Waals surface area contributed by atoms with Crippen molar-refractivity contribution in [1.82, 2.24) is 4.90 Å². The second kappa shape index (κ2) is 7.89. The van der Waals surface area contributed by atoms with Gasteiger partial charge in [-0.1, -0.05) is 12.1 Å². The summed E-state index contributed by atoms with van der Waals surface area (Å²) in [6.45, 7) is 2.93. The highest BCUT2D eigenvalue weighted by molar-refractivity contribution is 7.07. The van der Waals surface area contributed by atoms with E-state index in [0.29, 0.717) is 0 Å². The summed E-state index contributed by atoms with van der Waals surface area (Å²) in [4.78, 5) is 15.1. The molecule has 0 spiro atoms. The van der Waals surface area contributed by atoms with Crippen molar-refractivity contribution in [3.05, 3.63) is 65.1 Å². The van der Waals surface area contributed by atoms with Crippen LogP contribution < -0.4 is 5.32 Å². The molecule has 1 aromatic carbocycles. The minimum absolute atomic E-state index is 0.0843. The molecule has 0 bridgehead atoms. The molecule has 0 atom stereocenters. The smallest absolute Gasteiger partial charge is 0.227 e. The molecule has 0 radical (unpaired) electrons. The Labute approximate surface area is 157 Å². The Morgan fingerprint density at radius 1 is 1.19 bits per heavy atom. The third kappa shape index (κ3) is 4.06. The fourth-order valence-corrected chi connectivity index (χ4v) is 4.09. The van der Waals surface area contributed by atoms with Gasteiger partial charge in [-0.3, -0.25) is 9.69 Å². The van der Waals surface area contributed by atoms with Gasteiger partial charge in [0, 0.05) is 23.7 Å². The summed E-state index contributed by atoms with van der Waals surface area (Å²) in [6.07, 6.45) is 3.48. The lowest BCUT2D eigenvalue weighted by Crippen LogP contribution is -2.37. The lowest BCUT2D eigenvalue weighted by molar-refractivity contribution is -0.121. The molecule has 1 N–H and O–H groups in total. The topological polar surface area (TPSA) is 45.5 Å². The van der Waals surface area contributed by atoms with Crippen LogP contribution >= 0.6 is 11.3 Å². The van der Waals surface area contributed by atoms with Crippen LogP contribution in [0.4, 0.5) is 5.69 Å². The largest absolute Gasteiger partial charge is 0.464 e. The van der Waals surface area contributed by atoms with Crippen LogP contribution in [0.15, 0.2) is 63.9 Å². The average molecular weight is 366 g/mol. The number of nitrogens with one attached hydrogen (secondary N) is 1. The number of furan rings is 1. The number of anilines is 1. The Morgan fingerprint density at radius 3 is 2.81 bits per heavy atom. The molecular weight excluding hydrogens is 344 g/mol. The molecule has 1 amide bonds. The summed E-state index contributed by atoms with van der Waals surface area (Å²) in [5.41, 5.74) is 3.16. The molecule has 3 aromatic rings. The van der Waals surface area contributed by atoms with Gasteiger partial charge >= 0.3 is 0 Å². The number of rotatable bonds is 5. The molecule has 1 saturated heterocycles. The second-order valence-electron chi connectivity index (χ2n) is 6.73. The molecule has 134 valence electrons. The molecule has 2 aromatic heterocycles. The first-order valence-corrected chi connectivity index (χ1v) is 9.90. The number of likely N-dealkylation sites (tertiary alicyclic amines) is 1. The molecule has 5 heteroatoms. The van der Waals surface area contributed by atoms with E-state index in [9.17, 15) is 4.79 Å². The number of thiophene rings is 1. The van der Waals surface area contributed by atoms with Gasteiger partial charge in [0.2, 0.25) is 5.91 Å². The van der Waals surface area contributed by atoms with Crippen molar-refractivity contribution in [2.75, 3.05) is 18.4 Å². The van der Waals surface area contributed by atoms with E-state index in [1.165, 1.54) is 5.56 Å². The first kappa shape index (κ1) is 17.1.